The summed E-state index contributed by atoms with van der Waals surface area (Å²) in [6.45, 7) is 3.46. The highest BCUT2D eigenvalue weighted by atomic mass is 19.1. The lowest BCUT2D eigenvalue weighted by atomic mass is 10.2. The van der Waals surface area contributed by atoms with Crippen molar-refractivity contribution in [2.75, 3.05) is 37.2 Å². The summed E-state index contributed by atoms with van der Waals surface area (Å²) in [5.74, 6) is -0.729. The third kappa shape index (κ3) is 4.83. The zero-order valence-corrected chi connectivity index (χ0v) is 15.4. The molecule has 1 heterocycles. The Morgan fingerprint density at radius 2 is 2.00 bits per heavy atom. The molecule has 6 nitrogen and oxygen atoms in total. The van der Waals surface area contributed by atoms with Crippen molar-refractivity contribution in [3.63, 3.8) is 0 Å². The highest BCUT2D eigenvalue weighted by molar-refractivity contribution is 6.04. The number of rotatable bonds is 7. The molecule has 142 valence electrons. The number of hydrazone groups is 1. The Balaban J connectivity index is 1.62. The highest BCUT2D eigenvalue weighted by Crippen LogP contribution is 2.23. The van der Waals surface area contributed by atoms with Crippen molar-refractivity contribution in [2.24, 2.45) is 5.10 Å². The molecule has 0 fully saturated rings. The van der Waals surface area contributed by atoms with Crippen LogP contribution in [0.2, 0.25) is 0 Å². The second-order valence-corrected chi connectivity index (χ2v) is 6.20. The summed E-state index contributed by atoms with van der Waals surface area (Å²) in [5.41, 5.74) is 2.88. The normalized spacial score (nSPS) is 13.4. The molecule has 7 heteroatoms. The van der Waals surface area contributed by atoms with Crippen LogP contribution >= 0.6 is 0 Å². The molecule has 0 radical (unpaired) electrons. The Bertz CT molecular complexity index is 837. The Hall–Kier alpha value is -2.93. The van der Waals surface area contributed by atoms with Gasteiger partial charge in [-0.3, -0.25) is 9.80 Å². The second-order valence-electron chi connectivity index (χ2n) is 6.20. The van der Waals surface area contributed by atoms with Gasteiger partial charge in [-0.05, 0) is 43.3 Å². The molecule has 27 heavy (non-hydrogen) atoms. The van der Waals surface area contributed by atoms with Crippen LogP contribution in [0.25, 0.3) is 0 Å². The van der Waals surface area contributed by atoms with Gasteiger partial charge in [-0.25, -0.2) is 4.39 Å². The third-order valence-corrected chi connectivity index (χ3v) is 4.14. The van der Waals surface area contributed by atoms with Gasteiger partial charge in [-0.2, -0.15) is 5.10 Å². The van der Waals surface area contributed by atoms with Gasteiger partial charge in [0.15, 0.2) is 11.6 Å². The maximum atomic E-state index is 14.1. The molecular weight excluding hydrogens is 349 g/mol. The molecular formula is C20H22FN3O3. The third-order valence-electron chi connectivity index (χ3n) is 4.14. The Kier molecular flexibility index (Phi) is 6.03. The first-order valence-corrected chi connectivity index (χ1v) is 8.71. The van der Waals surface area contributed by atoms with Gasteiger partial charge in [0.05, 0.1) is 12.3 Å². The quantitative estimate of drug-likeness (QED) is 0.754. The monoisotopic (exact) mass is 371 g/mol. The number of hydrogen-bond acceptors (Lipinski definition) is 5. The number of nitrogens with one attached hydrogen (secondary N) is 1. The number of amides is 1. The second kappa shape index (κ2) is 8.64. The number of benzene rings is 2. The summed E-state index contributed by atoms with van der Waals surface area (Å²) in [7, 11) is 1.55. The first-order valence-electron chi connectivity index (χ1n) is 8.71. The highest BCUT2D eigenvalue weighted by Gasteiger charge is 2.14. The van der Waals surface area contributed by atoms with Crippen molar-refractivity contribution >= 4 is 23.0 Å². The predicted octanol–water partition coefficient (Wildman–Crippen LogP) is 3.69. The van der Waals surface area contributed by atoms with Crippen molar-refractivity contribution in [3.05, 3.63) is 53.8 Å². The van der Waals surface area contributed by atoms with E-state index in [1.165, 1.54) is 12.1 Å². The zero-order valence-electron chi connectivity index (χ0n) is 15.4. The van der Waals surface area contributed by atoms with Crippen molar-refractivity contribution in [2.45, 2.75) is 13.3 Å². The van der Waals surface area contributed by atoms with Gasteiger partial charge >= 0.3 is 0 Å². The van der Waals surface area contributed by atoms with Gasteiger partial charge in [-0.15, -0.1) is 0 Å². The maximum Gasteiger partial charge on any atom is 0.255 e. The molecule has 3 rings (SSSR count). The van der Waals surface area contributed by atoms with Crippen LogP contribution in [0.1, 0.15) is 23.7 Å². The SMILES string of the molecule is COCCOc1ccc(NC(=O)c2ccc(N3CCC(C)=N3)cc2)cc1F. The smallest absolute Gasteiger partial charge is 0.255 e. The number of hydrogen-bond donors (Lipinski definition) is 1. The number of halogens is 1. The van der Waals surface area contributed by atoms with Gasteiger partial charge in [0.25, 0.3) is 5.91 Å². The van der Waals surface area contributed by atoms with E-state index in [9.17, 15) is 9.18 Å². The van der Waals surface area contributed by atoms with E-state index in [-0.39, 0.29) is 18.3 Å². The molecule has 2 aromatic carbocycles. The fourth-order valence-electron chi connectivity index (χ4n) is 2.68. The van der Waals surface area contributed by atoms with Crippen LogP contribution in [0.5, 0.6) is 5.75 Å². The van der Waals surface area contributed by atoms with Gasteiger partial charge < -0.3 is 14.8 Å². The van der Waals surface area contributed by atoms with E-state index in [0.717, 1.165) is 24.4 Å². The average Bonchev–Trinajstić information content (AvgIpc) is 3.10. The van der Waals surface area contributed by atoms with Crippen LogP contribution in [0, 0.1) is 5.82 Å². The molecule has 0 unspecified atom stereocenters. The lowest BCUT2D eigenvalue weighted by Gasteiger charge is -2.14. The average molecular weight is 371 g/mol. The van der Waals surface area contributed by atoms with Crippen molar-refractivity contribution in [1.29, 1.82) is 0 Å². The molecule has 0 spiro atoms. The molecule has 2 aromatic rings. The fourth-order valence-corrected chi connectivity index (χ4v) is 2.68. The summed E-state index contributed by atoms with van der Waals surface area (Å²) < 4.78 is 24.2. The number of ether oxygens (including phenoxy) is 2. The van der Waals surface area contributed by atoms with E-state index in [0.29, 0.717) is 17.9 Å². The van der Waals surface area contributed by atoms with Crippen LogP contribution in [-0.4, -0.2) is 38.5 Å². The first kappa shape index (κ1) is 18.8. The van der Waals surface area contributed by atoms with Gasteiger partial charge in [-0.1, -0.05) is 0 Å². The minimum Gasteiger partial charge on any atom is -0.488 e. The van der Waals surface area contributed by atoms with Crippen LogP contribution in [0.4, 0.5) is 15.8 Å². The number of carbonyl (C=O) groups excluding carboxylic acids is 1. The molecule has 0 atom stereocenters. The molecule has 0 aliphatic carbocycles. The lowest BCUT2D eigenvalue weighted by Crippen LogP contribution is -2.14. The van der Waals surface area contributed by atoms with E-state index >= 15 is 0 Å². The maximum absolute atomic E-state index is 14.1. The van der Waals surface area contributed by atoms with Crippen LogP contribution < -0.4 is 15.1 Å². The largest absolute Gasteiger partial charge is 0.488 e. The Morgan fingerprint density at radius 3 is 2.63 bits per heavy atom. The molecule has 0 saturated heterocycles. The van der Waals surface area contributed by atoms with Crippen LogP contribution in [-0.2, 0) is 4.74 Å². The minimum absolute atomic E-state index is 0.121. The lowest BCUT2D eigenvalue weighted by molar-refractivity contribution is 0.102. The summed E-state index contributed by atoms with van der Waals surface area (Å²) >= 11 is 0. The zero-order chi connectivity index (χ0) is 19.2. The van der Waals surface area contributed by atoms with E-state index < -0.39 is 5.82 Å². The molecule has 1 amide bonds. The van der Waals surface area contributed by atoms with E-state index in [1.54, 1.807) is 25.3 Å². The van der Waals surface area contributed by atoms with Crippen molar-refractivity contribution < 1.29 is 18.7 Å². The van der Waals surface area contributed by atoms with Crippen LogP contribution in [0.3, 0.4) is 0 Å². The standard InChI is InChI=1S/C20H22FN3O3/c1-14-9-10-24(23-14)17-6-3-15(4-7-17)20(25)22-16-5-8-19(18(21)13-16)27-12-11-26-2/h3-8,13H,9-12H2,1-2H3,(H,22,25). The van der Waals surface area contributed by atoms with Crippen molar-refractivity contribution in [3.8, 4) is 5.75 Å². The molecule has 0 aromatic heterocycles. The van der Waals surface area contributed by atoms with Crippen LogP contribution in [0.15, 0.2) is 47.6 Å². The number of nitrogens with zero attached hydrogens (tertiary/aromatic N) is 2. The van der Waals surface area contributed by atoms with E-state index in [1.807, 2.05) is 24.1 Å². The number of anilines is 2. The van der Waals surface area contributed by atoms with Gasteiger partial charge in [0.2, 0.25) is 0 Å². The number of carbonyl (C=O) groups is 1. The molecule has 1 N–H and O–H groups in total. The summed E-state index contributed by atoms with van der Waals surface area (Å²) in [6.07, 6.45) is 0.943. The molecule has 1 aliphatic heterocycles. The molecule has 0 saturated carbocycles. The first-order chi connectivity index (χ1) is 13.1. The van der Waals surface area contributed by atoms with Gasteiger partial charge in [0, 0.05) is 43.1 Å². The number of methoxy groups -OCH3 is 1. The minimum atomic E-state index is -0.540. The fraction of sp³-hybridized carbons (Fsp3) is 0.300. The molecule has 0 bridgehead atoms. The Labute approximate surface area is 157 Å². The Morgan fingerprint density at radius 1 is 1.22 bits per heavy atom. The van der Waals surface area contributed by atoms with Gasteiger partial charge in [0.1, 0.15) is 6.61 Å². The van der Waals surface area contributed by atoms with Crippen molar-refractivity contribution in [1.82, 2.24) is 0 Å². The summed E-state index contributed by atoms with van der Waals surface area (Å²) in [6, 6.07) is 11.5. The van der Waals surface area contributed by atoms with E-state index in [2.05, 4.69) is 10.4 Å². The topological polar surface area (TPSA) is 63.2 Å². The summed E-state index contributed by atoms with van der Waals surface area (Å²) in [5, 5.41) is 9.03. The molecule has 1 aliphatic rings. The van der Waals surface area contributed by atoms with E-state index in [4.69, 9.17) is 9.47 Å². The summed E-state index contributed by atoms with van der Waals surface area (Å²) in [4.78, 5) is 12.4. The predicted molar refractivity (Wildman–Crippen MR) is 103 cm³/mol.